The third kappa shape index (κ3) is 4.11. The van der Waals surface area contributed by atoms with Crippen LogP contribution in [0.25, 0.3) is 10.9 Å². The minimum absolute atomic E-state index is 0.321. The maximum absolute atomic E-state index is 12.2. The summed E-state index contributed by atoms with van der Waals surface area (Å²) in [6, 6.07) is 9.55. The van der Waals surface area contributed by atoms with E-state index in [9.17, 15) is 4.79 Å². The number of nitrogens with two attached hydrogens (primary N) is 1. The first-order valence-corrected chi connectivity index (χ1v) is 10.5. The smallest absolute Gasteiger partial charge is 0.252 e. The number of carbonyl (C=O) groups is 1. The van der Waals surface area contributed by atoms with Crippen LogP contribution in [-0.2, 0) is 0 Å². The molecule has 0 aliphatic carbocycles. The van der Waals surface area contributed by atoms with Crippen molar-refractivity contribution in [3.05, 3.63) is 52.7 Å². The van der Waals surface area contributed by atoms with Crippen LogP contribution < -0.4 is 20.7 Å². The number of methoxy groups -OCH3 is 1. The van der Waals surface area contributed by atoms with Crippen LogP contribution >= 0.6 is 11.6 Å². The molecule has 3 aromatic rings. The van der Waals surface area contributed by atoms with Crippen molar-refractivity contribution in [2.24, 2.45) is 5.73 Å². The second kappa shape index (κ2) is 8.61. The van der Waals surface area contributed by atoms with Gasteiger partial charge in [-0.25, -0.2) is 0 Å². The van der Waals surface area contributed by atoms with Gasteiger partial charge < -0.3 is 25.6 Å². The third-order valence-electron chi connectivity index (χ3n) is 5.81. The molecule has 0 spiro atoms. The number of primary amides is 1. The van der Waals surface area contributed by atoms with Gasteiger partial charge in [0.05, 0.1) is 29.6 Å². The summed E-state index contributed by atoms with van der Waals surface area (Å²) < 4.78 is 5.68. The van der Waals surface area contributed by atoms with Crippen LogP contribution in [-0.4, -0.2) is 56.1 Å². The van der Waals surface area contributed by atoms with Gasteiger partial charge in [-0.2, -0.15) is 0 Å². The predicted octanol–water partition coefficient (Wildman–Crippen LogP) is 3.80. The van der Waals surface area contributed by atoms with Gasteiger partial charge in [0.1, 0.15) is 5.75 Å². The summed E-state index contributed by atoms with van der Waals surface area (Å²) in [5, 5.41) is 4.83. The third-order valence-corrected chi connectivity index (χ3v) is 6.21. The lowest BCUT2D eigenvalue weighted by atomic mass is 10.1. The van der Waals surface area contributed by atoms with Crippen LogP contribution in [0.4, 0.5) is 17.1 Å². The molecule has 2 heterocycles. The minimum Gasteiger partial charge on any atom is -0.495 e. The molecule has 0 saturated carbocycles. The van der Waals surface area contributed by atoms with Crippen LogP contribution in [0, 0.1) is 6.92 Å². The Hall–Kier alpha value is -3.03. The second-order valence-corrected chi connectivity index (χ2v) is 8.19. The lowest BCUT2D eigenvalue weighted by molar-refractivity contribution is 0.100. The van der Waals surface area contributed by atoms with Crippen LogP contribution in [0.5, 0.6) is 5.75 Å². The summed E-state index contributed by atoms with van der Waals surface area (Å²) in [6.07, 6.45) is 1.50. The van der Waals surface area contributed by atoms with Crippen LogP contribution in [0.1, 0.15) is 15.9 Å². The van der Waals surface area contributed by atoms with Gasteiger partial charge in [0, 0.05) is 54.5 Å². The number of likely N-dealkylation sites (N-methyl/N-ethyl adjacent to an activating group) is 1. The van der Waals surface area contributed by atoms with Crippen molar-refractivity contribution in [1.82, 2.24) is 9.88 Å². The summed E-state index contributed by atoms with van der Waals surface area (Å²) in [5.74, 6) is 0.204. The van der Waals surface area contributed by atoms with Gasteiger partial charge in [-0.1, -0.05) is 17.7 Å². The molecule has 1 aliphatic heterocycles. The summed E-state index contributed by atoms with van der Waals surface area (Å²) in [4.78, 5) is 21.3. The molecule has 1 amide bonds. The number of benzene rings is 2. The quantitative estimate of drug-likeness (QED) is 0.629. The number of rotatable bonds is 5. The molecule has 0 unspecified atom stereocenters. The summed E-state index contributed by atoms with van der Waals surface area (Å²) in [6.45, 7) is 5.63. The highest BCUT2D eigenvalue weighted by Gasteiger charge is 2.21. The van der Waals surface area contributed by atoms with E-state index in [2.05, 4.69) is 27.1 Å². The molecule has 1 aliphatic rings. The van der Waals surface area contributed by atoms with E-state index < -0.39 is 5.91 Å². The average Bonchev–Trinajstić information content (AvgIpc) is 2.76. The second-order valence-electron chi connectivity index (χ2n) is 7.78. The number of ether oxygens (including phenoxy) is 1. The van der Waals surface area contributed by atoms with Crippen molar-refractivity contribution in [2.45, 2.75) is 6.92 Å². The number of carbonyl (C=O) groups excluding carboxylic acids is 1. The zero-order chi connectivity index (χ0) is 22.1. The number of aromatic nitrogens is 1. The van der Waals surface area contributed by atoms with Gasteiger partial charge in [0.15, 0.2) is 0 Å². The van der Waals surface area contributed by atoms with E-state index in [1.165, 1.54) is 6.20 Å². The Morgan fingerprint density at radius 1 is 1.23 bits per heavy atom. The molecule has 7 nitrogen and oxygen atoms in total. The van der Waals surface area contributed by atoms with Crippen LogP contribution in [0.3, 0.4) is 0 Å². The number of pyridine rings is 1. The average molecular weight is 440 g/mol. The van der Waals surface area contributed by atoms with E-state index in [0.29, 0.717) is 21.8 Å². The molecule has 0 radical (unpaired) electrons. The fourth-order valence-corrected chi connectivity index (χ4v) is 4.04. The molecule has 0 atom stereocenters. The minimum atomic E-state index is -0.548. The number of hydrogen-bond acceptors (Lipinski definition) is 6. The molecule has 1 fully saturated rings. The molecule has 2 aromatic carbocycles. The highest BCUT2D eigenvalue weighted by atomic mass is 35.5. The topological polar surface area (TPSA) is 83.7 Å². The Morgan fingerprint density at radius 3 is 2.65 bits per heavy atom. The summed E-state index contributed by atoms with van der Waals surface area (Å²) in [7, 11) is 3.78. The summed E-state index contributed by atoms with van der Waals surface area (Å²) in [5.41, 5.74) is 10.00. The van der Waals surface area contributed by atoms with Gasteiger partial charge >= 0.3 is 0 Å². The van der Waals surface area contributed by atoms with Gasteiger partial charge in [-0.3, -0.25) is 9.78 Å². The van der Waals surface area contributed by atoms with Crippen molar-refractivity contribution >= 4 is 45.5 Å². The number of piperazine rings is 1. The SMILES string of the molecule is COc1cc2ncc(C(N)=O)c(Nc3cccc(Cl)c3C)c2cc1N1CCN(C)CC1. The first-order valence-electron chi connectivity index (χ1n) is 10.1. The number of fused-ring (bicyclic) bond motifs is 1. The molecule has 1 saturated heterocycles. The monoisotopic (exact) mass is 439 g/mol. The van der Waals surface area contributed by atoms with Gasteiger partial charge in [-0.05, 0) is 37.7 Å². The Labute approximate surface area is 186 Å². The summed E-state index contributed by atoms with van der Waals surface area (Å²) >= 11 is 6.31. The highest BCUT2D eigenvalue weighted by Crippen LogP contribution is 2.38. The number of amides is 1. The van der Waals surface area contributed by atoms with E-state index in [0.717, 1.165) is 54.3 Å². The highest BCUT2D eigenvalue weighted by molar-refractivity contribution is 6.31. The van der Waals surface area contributed by atoms with E-state index in [-0.39, 0.29) is 0 Å². The van der Waals surface area contributed by atoms with E-state index in [1.807, 2.05) is 37.3 Å². The lowest BCUT2D eigenvalue weighted by Gasteiger charge is -2.35. The van der Waals surface area contributed by atoms with Crippen molar-refractivity contribution in [1.29, 1.82) is 0 Å². The largest absolute Gasteiger partial charge is 0.495 e. The van der Waals surface area contributed by atoms with Crippen molar-refractivity contribution in [2.75, 3.05) is 50.6 Å². The van der Waals surface area contributed by atoms with E-state index in [1.54, 1.807) is 7.11 Å². The van der Waals surface area contributed by atoms with Gasteiger partial charge in [0.25, 0.3) is 5.91 Å². The molecule has 0 bridgehead atoms. The Kier molecular flexibility index (Phi) is 5.89. The number of hydrogen-bond donors (Lipinski definition) is 2. The number of nitrogens with one attached hydrogen (secondary N) is 1. The number of halogens is 1. The Balaban J connectivity index is 1.89. The number of anilines is 3. The molecule has 8 heteroatoms. The first-order chi connectivity index (χ1) is 14.9. The van der Waals surface area contributed by atoms with Crippen LogP contribution in [0.15, 0.2) is 36.5 Å². The molecule has 3 N–H and O–H groups in total. The fourth-order valence-electron chi connectivity index (χ4n) is 3.87. The van der Waals surface area contributed by atoms with Crippen molar-refractivity contribution < 1.29 is 9.53 Å². The molecule has 31 heavy (non-hydrogen) atoms. The molecular weight excluding hydrogens is 414 g/mol. The molecular formula is C23H26ClN5O2. The van der Waals surface area contributed by atoms with E-state index in [4.69, 9.17) is 22.1 Å². The van der Waals surface area contributed by atoms with Gasteiger partial charge in [-0.15, -0.1) is 0 Å². The zero-order valence-corrected chi connectivity index (χ0v) is 18.7. The molecule has 1 aromatic heterocycles. The normalized spacial score (nSPS) is 14.6. The maximum Gasteiger partial charge on any atom is 0.252 e. The lowest BCUT2D eigenvalue weighted by Crippen LogP contribution is -2.44. The zero-order valence-electron chi connectivity index (χ0n) is 17.9. The van der Waals surface area contributed by atoms with Crippen molar-refractivity contribution in [3.8, 4) is 5.75 Å². The maximum atomic E-state index is 12.2. The van der Waals surface area contributed by atoms with Gasteiger partial charge in [0.2, 0.25) is 0 Å². The van der Waals surface area contributed by atoms with E-state index >= 15 is 0 Å². The Bertz CT molecular complexity index is 1140. The molecule has 4 rings (SSSR count). The predicted molar refractivity (Wildman–Crippen MR) is 126 cm³/mol. The van der Waals surface area contributed by atoms with Crippen LogP contribution in [0.2, 0.25) is 5.02 Å². The molecule has 162 valence electrons. The Morgan fingerprint density at radius 2 is 1.97 bits per heavy atom. The number of nitrogens with zero attached hydrogens (tertiary/aromatic N) is 3. The first kappa shape index (κ1) is 21.2. The fraction of sp³-hybridized carbons (Fsp3) is 0.304. The standard InChI is InChI=1S/C23H26ClN5O2/c1-14-17(24)5-4-6-18(14)27-22-15-11-20(29-9-7-28(2)8-10-29)21(31-3)12-19(15)26-13-16(22)23(25)30/h4-6,11-13H,7-10H2,1-3H3,(H2,25,30)(H,26,27). The van der Waals surface area contributed by atoms with Crippen molar-refractivity contribution in [3.63, 3.8) is 0 Å².